The third-order valence-corrected chi connectivity index (χ3v) is 3.59. The van der Waals surface area contributed by atoms with Gasteiger partial charge in [0.25, 0.3) is 0 Å². The summed E-state index contributed by atoms with van der Waals surface area (Å²) in [5, 5.41) is 10.3. The Morgan fingerprint density at radius 1 is 1.17 bits per heavy atom. The first-order valence-electron chi connectivity index (χ1n) is 7.03. The Labute approximate surface area is 131 Å². The van der Waals surface area contributed by atoms with Crippen molar-refractivity contribution in [1.82, 2.24) is 29.7 Å². The van der Waals surface area contributed by atoms with Crippen LogP contribution in [-0.2, 0) is 7.05 Å². The molecule has 0 atom stereocenters. The quantitative estimate of drug-likeness (QED) is 0.534. The van der Waals surface area contributed by atoms with Gasteiger partial charge in [0, 0.05) is 13.2 Å². The molecule has 3 heterocycles. The van der Waals surface area contributed by atoms with E-state index in [-0.39, 0.29) is 5.95 Å². The number of fused-ring (bicyclic) bond motifs is 1. The van der Waals surface area contributed by atoms with Crippen molar-refractivity contribution in [3.05, 3.63) is 42.7 Å². The van der Waals surface area contributed by atoms with Gasteiger partial charge in [-0.3, -0.25) is 5.10 Å². The second-order valence-corrected chi connectivity index (χ2v) is 5.07. The van der Waals surface area contributed by atoms with Crippen LogP contribution in [0.2, 0.25) is 0 Å². The number of anilines is 3. The van der Waals surface area contributed by atoms with Gasteiger partial charge in [0.15, 0.2) is 5.82 Å². The summed E-state index contributed by atoms with van der Waals surface area (Å²) in [6.45, 7) is 0. The monoisotopic (exact) mass is 306 g/mol. The SMILES string of the molecule is Cn1c(-c2[nH]ncc2Nc2ccnc(N)n2)nc2ccccc21. The van der Waals surface area contributed by atoms with Crippen LogP contribution in [0.5, 0.6) is 0 Å². The lowest BCUT2D eigenvalue weighted by Crippen LogP contribution is -2.00. The van der Waals surface area contributed by atoms with E-state index in [1.54, 1.807) is 18.5 Å². The minimum atomic E-state index is 0.211. The third-order valence-electron chi connectivity index (χ3n) is 3.59. The summed E-state index contributed by atoms with van der Waals surface area (Å²) in [6.07, 6.45) is 3.28. The summed E-state index contributed by atoms with van der Waals surface area (Å²) in [5.74, 6) is 1.59. The smallest absolute Gasteiger partial charge is 0.221 e. The number of nitrogen functional groups attached to an aromatic ring is 1. The van der Waals surface area contributed by atoms with Gasteiger partial charge in [-0.15, -0.1) is 0 Å². The molecule has 8 nitrogen and oxygen atoms in total. The minimum absolute atomic E-state index is 0.211. The molecular weight excluding hydrogens is 292 g/mol. The van der Waals surface area contributed by atoms with E-state index in [9.17, 15) is 0 Å². The molecular formula is C15H14N8. The van der Waals surface area contributed by atoms with Crippen molar-refractivity contribution < 1.29 is 0 Å². The molecule has 0 spiro atoms. The van der Waals surface area contributed by atoms with Crippen LogP contribution in [-0.4, -0.2) is 29.7 Å². The third kappa shape index (κ3) is 2.26. The van der Waals surface area contributed by atoms with E-state index in [1.807, 2.05) is 35.9 Å². The highest BCUT2D eigenvalue weighted by Gasteiger charge is 2.15. The predicted octanol–water partition coefficient (Wildman–Crippen LogP) is 2.08. The second kappa shape index (κ2) is 5.09. The van der Waals surface area contributed by atoms with Crippen LogP contribution >= 0.6 is 0 Å². The van der Waals surface area contributed by atoms with E-state index in [4.69, 9.17) is 5.73 Å². The van der Waals surface area contributed by atoms with E-state index >= 15 is 0 Å². The average molecular weight is 306 g/mol. The molecule has 0 aliphatic rings. The molecule has 114 valence electrons. The maximum absolute atomic E-state index is 5.61. The van der Waals surface area contributed by atoms with Gasteiger partial charge in [-0.05, 0) is 18.2 Å². The largest absolute Gasteiger partial charge is 0.368 e. The van der Waals surface area contributed by atoms with Crippen LogP contribution in [0.3, 0.4) is 0 Å². The van der Waals surface area contributed by atoms with E-state index in [1.165, 1.54) is 0 Å². The first-order chi connectivity index (χ1) is 11.2. The molecule has 1 aromatic carbocycles. The van der Waals surface area contributed by atoms with Crippen LogP contribution in [0.4, 0.5) is 17.5 Å². The Morgan fingerprint density at radius 3 is 2.87 bits per heavy atom. The fraction of sp³-hybridized carbons (Fsp3) is 0.0667. The lowest BCUT2D eigenvalue weighted by molar-refractivity contribution is 0.944. The fourth-order valence-corrected chi connectivity index (χ4v) is 2.50. The molecule has 0 fully saturated rings. The number of H-pyrrole nitrogens is 1. The normalized spacial score (nSPS) is 11.0. The van der Waals surface area contributed by atoms with Crippen molar-refractivity contribution in [1.29, 1.82) is 0 Å². The average Bonchev–Trinajstić information content (AvgIpc) is 3.12. The van der Waals surface area contributed by atoms with Crippen LogP contribution in [0.1, 0.15) is 0 Å². The summed E-state index contributed by atoms with van der Waals surface area (Å²) in [7, 11) is 1.97. The Hall–Kier alpha value is -3.42. The molecule has 0 amide bonds. The van der Waals surface area contributed by atoms with Crippen LogP contribution < -0.4 is 11.1 Å². The highest BCUT2D eigenvalue weighted by Crippen LogP contribution is 2.29. The van der Waals surface area contributed by atoms with Crippen LogP contribution in [0.25, 0.3) is 22.6 Å². The highest BCUT2D eigenvalue weighted by atomic mass is 15.2. The van der Waals surface area contributed by atoms with Gasteiger partial charge in [-0.2, -0.15) is 10.1 Å². The van der Waals surface area contributed by atoms with Crippen molar-refractivity contribution >= 4 is 28.5 Å². The first kappa shape index (κ1) is 13.3. The number of hydrogen-bond donors (Lipinski definition) is 3. The van der Waals surface area contributed by atoms with E-state index in [2.05, 4.69) is 30.5 Å². The van der Waals surface area contributed by atoms with Crippen molar-refractivity contribution in [2.24, 2.45) is 7.05 Å². The molecule has 4 N–H and O–H groups in total. The van der Waals surface area contributed by atoms with Gasteiger partial charge in [0.2, 0.25) is 5.95 Å². The lowest BCUT2D eigenvalue weighted by Gasteiger charge is -2.06. The number of nitrogens with one attached hydrogen (secondary N) is 2. The van der Waals surface area contributed by atoms with Gasteiger partial charge in [-0.25, -0.2) is 9.97 Å². The molecule has 0 aliphatic heterocycles. The van der Waals surface area contributed by atoms with Crippen molar-refractivity contribution in [3.63, 3.8) is 0 Å². The number of rotatable bonds is 3. The Morgan fingerprint density at radius 2 is 2.04 bits per heavy atom. The van der Waals surface area contributed by atoms with Gasteiger partial charge >= 0.3 is 0 Å². The van der Waals surface area contributed by atoms with Gasteiger partial charge in [-0.1, -0.05) is 12.1 Å². The van der Waals surface area contributed by atoms with Crippen molar-refractivity contribution in [3.8, 4) is 11.5 Å². The zero-order valence-corrected chi connectivity index (χ0v) is 12.4. The summed E-state index contributed by atoms with van der Waals surface area (Å²) in [6, 6.07) is 9.70. The molecule has 0 bridgehead atoms. The van der Waals surface area contributed by atoms with E-state index in [0.29, 0.717) is 5.82 Å². The standard InChI is InChI=1S/C15H14N8/c1-23-11-5-3-2-4-9(11)20-14(23)13-10(8-18-22-13)19-12-6-7-17-15(16)21-12/h2-8H,1H3,(H,18,22)(H3,16,17,19,21). The summed E-state index contributed by atoms with van der Waals surface area (Å²) in [4.78, 5) is 12.7. The lowest BCUT2D eigenvalue weighted by atomic mass is 10.3. The molecule has 4 rings (SSSR count). The van der Waals surface area contributed by atoms with Crippen LogP contribution in [0.15, 0.2) is 42.7 Å². The summed E-state index contributed by atoms with van der Waals surface area (Å²) < 4.78 is 2.02. The summed E-state index contributed by atoms with van der Waals surface area (Å²) >= 11 is 0. The van der Waals surface area contributed by atoms with E-state index in [0.717, 1.165) is 28.2 Å². The number of aromatic amines is 1. The highest BCUT2D eigenvalue weighted by molar-refractivity contribution is 5.83. The number of aryl methyl sites for hydroxylation is 1. The number of imidazole rings is 1. The van der Waals surface area contributed by atoms with Crippen molar-refractivity contribution in [2.75, 3.05) is 11.1 Å². The molecule has 23 heavy (non-hydrogen) atoms. The zero-order chi connectivity index (χ0) is 15.8. The number of benzene rings is 1. The first-order valence-corrected chi connectivity index (χ1v) is 7.03. The number of hydrogen-bond acceptors (Lipinski definition) is 6. The predicted molar refractivity (Wildman–Crippen MR) is 88.0 cm³/mol. The minimum Gasteiger partial charge on any atom is -0.368 e. The van der Waals surface area contributed by atoms with Crippen LogP contribution in [0, 0.1) is 0 Å². The van der Waals surface area contributed by atoms with Crippen molar-refractivity contribution in [2.45, 2.75) is 0 Å². The molecule has 4 aromatic rings. The fourth-order valence-electron chi connectivity index (χ4n) is 2.50. The molecule has 8 heteroatoms. The topological polar surface area (TPSA) is 110 Å². The Balaban J connectivity index is 1.78. The molecule has 0 aliphatic carbocycles. The number of aromatic nitrogens is 6. The zero-order valence-electron chi connectivity index (χ0n) is 12.4. The summed E-state index contributed by atoms with van der Waals surface area (Å²) in [5.41, 5.74) is 9.13. The van der Waals surface area contributed by atoms with Gasteiger partial charge in [0.05, 0.1) is 22.9 Å². The Bertz CT molecular complexity index is 984. The molecule has 0 radical (unpaired) electrons. The van der Waals surface area contributed by atoms with Gasteiger partial charge in [0.1, 0.15) is 11.5 Å². The molecule has 0 unspecified atom stereocenters. The second-order valence-electron chi connectivity index (χ2n) is 5.07. The maximum Gasteiger partial charge on any atom is 0.221 e. The van der Waals surface area contributed by atoms with Gasteiger partial charge < -0.3 is 15.6 Å². The number of para-hydroxylation sites is 2. The number of nitrogens with zero attached hydrogens (tertiary/aromatic N) is 5. The number of nitrogens with two attached hydrogens (primary N) is 1. The van der Waals surface area contributed by atoms with E-state index < -0.39 is 0 Å². The molecule has 3 aromatic heterocycles. The Kier molecular flexibility index (Phi) is 2.94. The maximum atomic E-state index is 5.61. The molecule has 0 saturated heterocycles. The molecule has 0 saturated carbocycles.